The molecule has 5 heteroatoms. The predicted molar refractivity (Wildman–Crippen MR) is 75.8 cm³/mol. The standard InChI is InChI=1S/C15H21N3O2/c1-10(2)18-9-13(7-14(18)19)15(20)17-11(3)12-5-4-6-16-8-12/h4-6,8,10-11,13H,7,9H2,1-3H3,(H,17,20). The summed E-state index contributed by atoms with van der Waals surface area (Å²) in [6.45, 7) is 6.38. The number of carbonyl (C=O) groups is 2. The number of carbonyl (C=O) groups excluding carboxylic acids is 2. The van der Waals surface area contributed by atoms with Crippen LogP contribution in [0.1, 0.15) is 38.8 Å². The van der Waals surface area contributed by atoms with Gasteiger partial charge in [-0.2, -0.15) is 0 Å². The highest BCUT2D eigenvalue weighted by molar-refractivity contribution is 5.89. The van der Waals surface area contributed by atoms with E-state index in [9.17, 15) is 9.59 Å². The van der Waals surface area contributed by atoms with Crippen LogP contribution in [0.15, 0.2) is 24.5 Å². The largest absolute Gasteiger partial charge is 0.349 e. The van der Waals surface area contributed by atoms with Gasteiger partial charge in [0.2, 0.25) is 11.8 Å². The predicted octanol–water partition coefficient (Wildman–Crippen LogP) is 1.52. The molecule has 108 valence electrons. The summed E-state index contributed by atoms with van der Waals surface area (Å²) < 4.78 is 0. The Morgan fingerprint density at radius 2 is 2.20 bits per heavy atom. The number of aromatic nitrogens is 1. The van der Waals surface area contributed by atoms with E-state index in [4.69, 9.17) is 0 Å². The third-order valence-electron chi connectivity index (χ3n) is 3.70. The van der Waals surface area contributed by atoms with Crippen molar-refractivity contribution in [2.75, 3.05) is 6.54 Å². The molecule has 2 rings (SSSR count). The molecule has 1 aliphatic heterocycles. The molecular weight excluding hydrogens is 254 g/mol. The zero-order valence-corrected chi connectivity index (χ0v) is 12.2. The Morgan fingerprint density at radius 3 is 2.75 bits per heavy atom. The topological polar surface area (TPSA) is 62.3 Å². The second kappa shape index (κ2) is 6.03. The van der Waals surface area contributed by atoms with Gasteiger partial charge in [0.15, 0.2) is 0 Å². The molecule has 0 aliphatic carbocycles. The van der Waals surface area contributed by atoms with Gasteiger partial charge < -0.3 is 10.2 Å². The average molecular weight is 275 g/mol. The lowest BCUT2D eigenvalue weighted by atomic mass is 10.1. The van der Waals surface area contributed by atoms with E-state index in [1.807, 2.05) is 32.9 Å². The Bertz CT molecular complexity index is 487. The number of nitrogens with one attached hydrogen (secondary N) is 1. The van der Waals surface area contributed by atoms with E-state index in [0.29, 0.717) is 13.0 Å². The summed E-state index contributed by atoms with van der Waals surface area (Å²) in [4.78, 5) is 29.9. The minimum absolute atomic E-state index is 0.0575. The number of rotatable bonds is 4. The maximum Gasteiger partial charge on any atom is 0.225 e. The van der Waals surface area contributed by atoms with Crippen molar-refractivity contribution in [1.82, 2.24) is 15.2 Å². The lowest BCUT2D eigenvalue weighted by molar-refractivity contribution is -0.130. The van der Waals surface area contributed by atoms with Gasteiger partial charge in [-0.05, 0) is 32.4 Å². The fourth-order valence-electron chi connectivity index (χ4n) is 2.45. The summed E-state index contributed by atoms with van der Waals surface area (Å²) in [5.41, 5.74) is 0.964. The van der Waals surface area contributed by atoms with Gasteiger partial charge in [0.25, 0.3) is 0 Å². The second-order valence-corrected chi connectivity index (χ2v) is 5.56. The van der Waals surface area contributed by atoms with Crippen molar-refractivity contribution >= 4 is 11.8 Å². The molecule has 2 heterocycles. The van der Waals surface area contributed by atoms with Crippen LogP contribution in [0.25, 0.3) is 0 Å². The van der Waals surface area contributed by atoms with Crippen molar-refractivity contribution in [3.8, 4) is 0 Å². The Balaban J connectivity index is 1.95. The lowest BCUT2D eigenvalue weighted by Crippen LogP contribution is -2.36. The Kier molecular flexibility index (Phi) is 4.37. The normalized spacial score (nSPS) is 20.3. The second-order valence-electron chi connectivity index (χ2n) is 5.56. The smallest absolute Gasteiger partial charge is 0.225 e. The van der Waals surface area contributed by atoms with Crippen molar-refractivity contribution in [1.29, 1.82) is 0 Å². The number of likely N-dealkylation sites (tertiary alicyclic amines) is 1. The molecule has 5 nitrogen and oxygen atoms in total. The van der Waals surface area contributed by atoms with Crippen molar-refractivity contribution in [3.05, 3.63) is 30.1 Å². The summed E-state index contributed by atoms with van der Waals surface area (Å²) in [7, 11) is 0. The fourth-order valence-corrected chi connectivity index (χ4v) is 2.45. The van der Waals surface area contributed by atoms with E-state index < -0.39 is 0 Å². The molecule has 0 aromatic carbocycles. The molecule has 1 fully saturated rings. The first-order chi connectivity index (χ1) is 9.49. The first kappa shape index (κ1) is 14.5. The van der Waals surface area contributed by atoms with Crippen LogP contribution in [0.3, 0.4) is 0 Å². The van der Waals surface area contributed by atoms with Gasteiger partial charge in [0, 0.05) is 31.4 Å². The van der Waals surface area contributed by atoms with Gasteiger partial charge in [0.1, 0.15) is 0 Å². The third-order valence-corrected chi connectivity index (χ3v) is 3.70. The van der Waals surface area contributed by atoms with Crippen LogP contribution in [0.2, 0.25) is 0 Å². The summed E-state index contributed by atoms with van der Waals surface area (Å²) in [6.07, 6.45) is 3.75. The molecule has 1 N–H and O–H groups in total. The molecule has 0 radical (unpaired) electrons. The van der Waals surface area contributed by atoms with E-state index in [0.717, 1.165) is 5.56 Å². The van der Waals surface area contributed by atoms with Crippen LogP contribution in [-0.2, 0) is 9.59 Å². The monoisotopic (exact) mass is 275 g/mol. The Morgan fingerprint density at radius 1 is 1.45 bits per heavy atom. The van der Waals surface area contributed by atoms with Gasteiger partial charge in [-0.25, -0.2) is 0 Å². The summed E-state index contributed by atoms with van der Waals surface area (Å²) >= 11 is 0. The summed E-state index contributed by atoms with van der Waals surface area (Å²) in [6, 6.07) is 3.82. The van der Waals surface area contributed by atoms with E-state index >= 15 is 0 Å². The number of amides is 2. The highest BCUT2D eigenvalue weighted by atomic mass is 16.2. The van der Waals surface area contributed by atoms with Crippen LogP contribution in [0, 0.1) is 5.92 Å². The van der Waals surface area contributed by atoms with E-state index in [2.05, 4.69) is 10.3 Å². The molecule has 2 atom stereocenters. The highest BCUT2D eigenvalue weighted by Crippen LogP contribution is 2.21. The Labute approximate surface area is 119 Å². The maximum atomic E-state index is 12.2. The van der Waals surface area contributed by atoms with Crippen LogP contribution in [0.4, 0.5) is 0 Å². The fraction of sp³-hybridized carbons (Fsp3) is 0.533. The lowest BCUT2D eigenvalue weighted by Gasteiger charge is -2.21. The molecule has 20 heavy (non-hydrogen) atoms. The van der Waals surface area contributed by atoms with Gasteiger partial charge in [0.05, 0.1) is 12.0 Å². The van der Waals surface area contributed by atoms with Gasteiger partial charge in [-0.3, -0.25) is 14.6 Å². The van der Waals surface area contributed by atoms with Crippen molar-refractivity contribution < 1.29 is 9.59 Å². The average Bonchev–Trinajstić information content (AvgIpc) is 2.82. The van der Waals surface area contributed by atoms with Gasteiger partial charge >= 0.3 is 0 Å². The number of nitrogens with zero attached hydrogens (tertiary/aromatic N) is 2. The molecule has 1 aromatic heterocycles. The first-order valence-corrected chi connectivity index (χ1v) is 6.98. The van der Waals surface area contributed by atoms with Crippen molar-refractivity contribution in [3.63, 3.8) is 0 Å². The van der Waals surface area contributed by atoms with Gasteiger partial charge in [-0.15, -0.1) is 0 Å². The van der Waals surface area contributed by atoms with E-state index in [-0.39, 0.29) is 29.8 Å². The number of pyridine rings is 1. The molecular formula is C15H21N3O2. The van der Waals surface area contributed by atoms with Crippen molar-refractivity contribution in [2.24, 2.45) is 5.92 Å². The molecule has 2 unspecified atom stereocenters. The minimum Gasteiger partial charge on any atom is -0.349 e. The molecule has 1 aliphatic rings. The number of hydrogen-bond acceptors (Lipinski definition) is 3. The zero-order chi connectivity index (χ0) is 14.7. The van der Waals surface area contributed by atoms with Crippen LogP contribution < -0.4 is 5.32 Å². The molecule has 2 amide bonds. The SMILES string of the molecule is CC(NC(=O)C1CC(=O)N(C(C)C)C1)c1cccnc1. The maximum absolute atomic E-state index is 12.2. The van der Waals surface area contributed by atoms with Crippen LogP contribution in [0.5, 0.6) is 0 Å². The van der Waals surface area contributed by atoms with Crippen LogP contribution >= 0.6 is 0 Å². The molecule has 0 saturated carbocycles. The summed E-state index contributed by atoms with van der Waals surface area (Å²) in [5, 5.41) is 2.96. The molecule has 0 spiro atoms. The minimum atomic E-state index is -0.246. The van der Waals surface area contributed by atoms with Gasteiger partial charge in [-0.1, -0.05) is 6.07 Å². The zero-order valence-electron chi connectivity index (χ0n) is 12.2. The summed E-state index contributed by atoms with van der Waals surface area (Å²) in [5.74, 6) is -0.240. The van der Waals surface area contributed by atoms with E-state index in [1.54, 1.807) is 17.3 Å². The quantitative estimate of drug-likeness (QED) is 0.906. The molecule has 1 aromatic rings. The number of hydrogen-bond donors (Lipinski definition) is 1. The Hall–Kier alpha value is -1.91. The molecule has 0 bridgehead atoms. The highest BCUT2D eigenvalue weighted by Gasteiger charge is 2.35. The van der Waals surface area contributed by atoms with Crippen molar-refractivity contribution in [2.45, 2.75) is 39.3 Å². The molecule has 1 saturated heterocycles. The first-order valence-electron chi connectivity index (χ1n) is 6.98. The van der Waals surface area contributed by atoms with Crippen LogP contribution in [-0.4, -0.2) is 34.3 Å². The third kappa shape index (κ3) is 3.15. The van der Waals surface area contributed by atoms with E-state index in [1.165, 1.54) is 0 Å².